The van der Waals surface area contributed by atoms with Crippen LogP contribution in [0.15, 0.2) is 54.9 Å². The molecule has 0 N–H and O–H groups in total. The van der Waals surface area contributed by atoms with E-state index in [2.05, 4.69) is 21.9 Å². The first kappa shape index (κ1) is 15.7. The van der Waals surface area contributed by atoms with Crippen molar-refractivity contribution < 1.29 is 4.79 Å². The number of likely N-dealkylation sites (N-methyl/N-ethyl adjacent to an activating group) is 1. The van der Waals surface area contributed by atoms with Gasteiger partial charge < -0.3 is 9.80 Å². The van der Waals surface area contributed by atoms with Gasteiger partial charge in [-0.05, 0) is 19.2 Å². The van der Waals surface area contributed by atoms with Gasteiger partial charge in [-0.3, -0.25) is 4.79 Å². The second kappa shape index (κ2) is 6.61. The molecule has 25 heavy (non-hydrogen) atoms. The first-order valence-electron chi connectivity index (χ1n) is 8.51. The molecule has 0 saturated carbocycles. The Bertz CT molecular complexity index is 911. The molecule has 1 aliphatic heterocycles. The van der Waals surface area contributed by atoms with Crippen LogP contribution in [-0.4, -0.2) is 58.9 Å². The molecule has 3 aromatic rings. The number of amides is 1. The highest BCUT2D eigenvalue weighted by atomic mass is 16.2. The third kappa shape index (κ3) is 2.98. The molecule has 126 valence electrons. The Hall–Kier alpha value is -2.79. The van der Waals surface area contributed by atoms with Crippen LogP contribution in [0, 0.1) is 0 Å². The van der Waals surface area contributed by atoms with Gasteiger partial charge in [0.1, 0.15) is 6.33 Å². The maximum absolute atomic E-state index is 13.1. The fraction of sp³-hybridized carbons (Fsp3) is 0.250. The van der Waals surface area contributed by atoms with E-state index in [0.29, 0.717) is 5.56 Å². The maximum Gasteiger partial charge on any atom is 0.254 e. The number of benzene rings is 2. The molecule has 5 heteroatoms. The van der Waals surface area contributed by atoms with E-state index < -0.39 is 0 Å². The van der Waals surface area contributed by atoms with Crippen molar-refractivity contribution in [2.75, 3.05) is 33.2 Å². The van der Waals surface area contributed by atoms with Gasteiger partial charge in [0, 0.05) is 42.7 Å². The zero-order valence-corrected chi connectivity index (χ0v) is 14.2. The summed E-state index contributed by atoms with van der Waals surface area (Å²) >= 11 is 0. The summed E-state index contributed by atoms with van der Waals surface area (Å²) in [5.41, 5.74) is 3.26. The third-order valence-corrected chi connectivity index (χ3v) is 4.75. The van der Waals surface area contributed by atoms with Crippen LogP contribution in [0.1, 0.15) is 10.4 Å². The number of rotatable bonds is 2. The lowest BCUT2D eigenvalue weighted by Crippen LogP contribution is -2.47. The number of hydrogen-bond acceptors (Lipinski definition) is 4. The molecule has 0 bridgehead atoms. The first-order chi connectivity index (χ1) is 12.2. The predicted molar refractivity (Wildman–Crippen MR) is 98.4 cm³/mol. The minimum absolute atomic E-state index is 0.0754. The molecule has 2 heterocycles. The highest BCUT2D eigenvalue weighted by molar-refractivity contribution is 6.04. The monoisotopic (exact) mass is 332 g/mol. The quantitative estimate of drug-likeness (QED) is 0.724. The molecular formula is C20H20N4O. The lowest BCUT2D eigenvalue weighted by Gasteiger charge is -2.32. The van der Waals surface area contributed by atoms with Crippen LogP contribution in [0.25, 0.3) is 22.2 Å². The maximum atomic E-state index is 13.1. The zero-order valence-electron chi connectivity index (χ0n) is 14.2. The molecule has 0 atom stereocenters. The Kier molecular flexibility index (Phi) is 4.15. The number of fused-ring (bicyclic) bond motifs is 1. The average Bonchev–Trinajstić information content (AvgIpc) is 2.67. The molecule has 2 aromatic carbocycles. The highest BCUT2D eigenvalue weighted by Crippen LogP contribution is 2.28. The second-order valence-corrected chi connectivity index (χ2v) is 6.38. The summed E-state index contributed by atoms with van der Waals surface area (Å²) in [6, 6.07) is 15.6. The molecule has 0 aliphatic carbocycles. The number of para-hydroxylation sites is 1. The Morgan fingerprint density at radius 3 is 2.48 bits per heavy atom. The van der Waals surface area contributed by atoms with Gasteiger partial charge in [-0.15, -0.1) is 0 Å². The van der Waals surface area contributed by atoms with E-state index in [9.17, 15) is 4.79 Å². The molecule has 1 saturated heterocycles. The van der Waals surface area contributed by atoms with Gasteiger partial charge in [0.15, 0.2) is 0 Å². The molecule has 1 aliphatic rings. The van der Waals surface area contributed by atoms with E-state index in [-0.39, 0.29) is 5.91 Å². The van der Waals surface area contributed by atoms with Crippen LogP contribution in [0.3, 0.4) is 0 Å². The van der Waals surface area contributed by atoms with E-state index in [0.717, 1.165) is 48.3 Å². The summed E-state index contributed by atoms with van der Waals surface area (Å²) in [5, 5.41) is 0.962. The van der Waals surface area contributed by atoms with Gasteiger partial charge in [-0.25, -0.2) is 9.97 Å². The summed E-state index contributed by atoms with van der Waals surface area (Å²) in [4.78, 5) is 26.1. The molecule has 1 fully saturated rings. The molecule has 1 amide bonds. The largest absolute Gasteiger partial charge is 0.336 e. The number of hydrogen-bond donors (Lipinski definition) is 0. The normalized spacial score (nSPS) is 15.5. The van der Waals surface area contributed by atoms with Gasteiger partial charge in [0.05, 0.1) is 11.2 Å². The van der Waals surface area contributed by atoms with Gasteiger partial charge in [-0.2, -0.15) is 0 Å². The van der Waals surface area contributed by atoms with E-state index >= 15 is 0 Å². The summed E-state index contributed by atoms with van der Waals surface area (Å²) in [6.07, 6.45) is 1.56. The van der Waals surface area contributed by atoms with E-state index in [4.69, 9.17) is 0 Å². The van der Waals surface area contributed by atoms with Crippen molar-refractivity contribution in [3.63, 3.8) is 0 Å². The summed E-state index contributed by atoms with van der Waals surface area (Å²) < 4.78 is 0. The van der Waals surface area contributed by atoms with E-state index in [1.807, 2.05) is 53.4 Å². The molecule has 0 unspecified atom stereocenters. The summed E-state index contributed by atoms with van der Waals surface area (Å²) in [7, 11) is 2.09. The minimum Gasteiger partial charge on any atom is -0.336 e. The SMILES string of the molecule is CN1CCN(C(=O)c2ccccc2-c2ncnc3ccccc23)CC1. The smallest absolute Gasteiger partial charge is 0.254 e. The van der Waals surface area contributed by atoms with Crippen molar-refractivity contribution in [1.82, 2.24) is 19.8 Å². The van der Waals surface area contributed by atoms with Crippen molar-refractivity contribution in [3.8, 4) is 11.3 Å². The van der Waals surface area contributed by atoms with Crippen molar-refractivity contribution in [2.24, 2.45) is 0 Å². The second-order valence-electron chi connectivity index (χ2n) is 6.38. The van der Waals surface area contributed by atoms with Gasteiger partial charge >= 0.3 is 0 Å². The van der Waals surface area contributed by atoms with Crippen molar-refractivity contribution in [1.29, 1.82) is 0 Å². The van der Waals surface area contributed by atoms with Crippen LogP contribution < -0.4 is 0 Å². The molecule has 4 rings (SSSR count). The van der Waals surface area contributed by atoms with Crippen LogP contribution in [0.5, 0.6) is 0 Å². The first-order valence-corrected chi connectivity index (χ1v) is 8.51. The predicted octanol–water partition coefficient (Wildman–Crippen LogP) is 2.68. The lowest BCUT2D eigenvalue weighted by atomic mass is 9.99. The lowest BCUT2D eigenvalue weighted by molar-refractivity contribution is 0.0665. The van der Waals surface area contributed by atoms with Crippen molar-refractivity contribution in [2.45, 2.75) is 0 Å². The summed E-state index contributed by atoms with van der Waals surface area (Å²) in [5.74, 6) is 0.0754. The number of aromatic nitrogens is 2. The number of piperazine rings is 1. The Labute approximate surface area is 146 Å². The standard InChI is InChI=1S/C20H20N4O/c1-23-10-12-24(13-11-23)20(25)16-7-3-2-6-15(16)19-17-8-4-5-9-18(17)21-14-22-19/h2-9,14H,10-13H2,1H3. The molecule has 0 radical (unpaired) electrons. The number of carbonyl (C=O) groups is 1. The molecule has 0 spiro atoms. The number of carbonyl (C=O) groups excluding carboxylic acids is 1. The van der Waals surface area contributed by atoms with Crippen LogP contribution in [0.4, 0.5) is 0 Å². The van der Waals surface area contributed by atoms with Crippen LogP contribution >= 0.6 is 0 Å². The number of nitrogens with zero attached hydrogens (tertiary/aromatic N) is 4. The fourth-order valence-corrected chi connectivity index (χ4v) is 3.28. The molecular weight excluding hydrogens is 312 g/mol. The van der Waals surface area contributed by atoms with Gasteiger partial charge in [-0.1, -0.05) is 36.4 Å². The Morgan fingerprint density at radius 1 is 0.920 bits per heavy atom. The van der Waals surface area contributed by atoms with E-state index in [1.165, 1.54) is 0 Å². The Balaban J connectivity index is 1.78. The van der Waals surface area contributed by atoms with Crippen LogP contribution in [0.2, 0.25) is 0 Å². The third-order valence-electron chi connectivity index (χ3n) is 4.75. The van der Waals surface area contributed by atoms with Gasteiger partial charge in [0.2, 0.25) is 0 Å². The molecule has 5 nitrogen and oxygen atoms in total. The fourth-order valence-electron chi connectivity index (χ4n) is 3.28. The minimum atomic E-state index is 0.0754. The highest BCUT2D eigenvalue weighted by Gasteiger charge is 2.23. The van der Waals surface area contributed by atoms with E-state index in [1.54, 1.807) is 6.33 Å². The Morgan fingerprint density at radius 2 is 1.64 bits per heavy atom. The average molecular weight is 332 g/mol. The zero-order chi connectivity index (χ0) is 17.2. The topological polar surface area (TPSA) is 49.3 Å². The van der Waals surface area contributed by atoms with Crippen molar-refractivity contribution in [3.05, 3.63) is 60.4 Å². The molecule has 1 aromatic heterocycles. The summed E-state index contributed by atoms with van der Waals surface area (Å²) in [6.45, 7) is 3.33. The van der Waals surface area contributed by atoms with Crippen molar-refractivity contribution >= 4 is 16.8 Å². The van der Waals surface area contributed by atoms with Gasteiger partial charge in [0.25, 0.3) is 5.91 Å². The van der Waals surface area contributed by atoms with Crippen LogP contribution in [-0.2, 0) is 0 Å².